The third-order valence-corrected chi connectivity index (χ3v) is 3.84. The summed E-state index contributed by atoms with van der Waals surface area (Å²) in [6, 6.07) is 3.96. The summed E-state index contributed by atoms with van der Waals surface area (Å²) in [4.78, 5) is 44.3. The average molecular weight is 380 g/mol. The Hall–Kier alpha value is -3.01. The third-order valence-electron chi connectivity index (χ3n) is 3.84. The molecule has 0 spiro atoms. The van der Waals surface area contributed by atoms with Gasteiger partial charge in [-0.3, -0.25) is 24.5 Å². The van der Waals surface area contributed by atoms with Crippen molar-refractivity contribution in [3.8, 4) is 0 Å². The molecule has 0 aliphatic rings. The van der Waals surface area contributed by atoms with E-state index in [4.69, 9.17) is 10.8 Å². The molecule has 0 aliphatic carbocycles. The summed E-state index contributed by atoms with van der Waals surface area (Å²) in [5, 5.41) is 24.3. The van der Waals surface area contributed by atoms with Crippen LogP contribution in [0.25, 0.3) is 0 Å². The van der Waals surface area contributed by atoms with Crippen molar-refractivity contribution in [1.82, 2.24) is 10.6 Å². The number of carbonyl (C=O) groups is 3. The normalized spacial score (nSPS) is 12.7. The summed E-state index contributed by atoms with van der Waals surface area (Å²) in [5.41, 5.74) is 6.34. The molecular weight excluding hydrogens is 356 g/mol. The Bertz CT molecular complexity index is 677. The molecule has 10 heteroatoms. The molecule has 1 aromatic rings. The van der Waals surface area contributed by atoms with Gasteiger partial charge in [-0.2, -0.15) is 0 Å². The molecule has 0 radical (unpaired) electrons. The summed E-state index contributed by atoms with van der Waals surface area (Å²) in [7, 11) is 0. The summed E-state index contributed by atoms with van der Waals surface area (Å²) in [5.74, 6) is -1.86. The molecular formula is C17H24N4O6. The van der Waals surface area contributed by atoms with E-state index >= 15 is 0 Å². The number of nitrogens with one attached hydrogen (secondary N) is 2. The summed E-state index contributed by atoms with van der Waals surface area (Å²) in [6.45, 7) is 1.76. The van der Waals surface area contributed by atoms with E-state index < -0.39 is 28.9 Å². The number of non-ortho nitro benzene ring substituents is 1. The fourth-order valence-electron chi connectivity index (χ4n) is 2.21. The molecule has 2 atom stereocenters. The van der Waals surface area contributed by atoms with E-state index in [1.807, 2.05) is 0 Å². The van der Waals surface area contributed by atoms with Gasteiger partial charge in [-0.15, -0.1) is 0 Å². The van der Waals surface area contributed by atoms with Gasteiger partial charge in [0.25, 0.3) is 5.69 Å². The minimum absolute atomic E-state index is 0.0303. The van der Waals surface area contributed by atoms with E-state index in [2.05, 4.69) is 10.6 Å². The fraction of sp³-hybridized carbons (Fsp3) is 0.471. The summed E-state index contributed by atoms with van der Waals surface area (Å²) < 4.78 is 0. The van der Waals surface area contributed by atoms with Crippen molar-refractivity contribution in [3.63, 3.8) is 0 Å². The molecule has 0 saturated heterocycles. The van der Waals surface area contributed by atoms with Gasteiger partial charge < -0.3 is 21.5 Å². The molecule has 1 aromatic carbocycles. The van der Waals surface area contributed by atoms with Crippen LogP contribution in [0.3, 0.4) is 0 Å². The van der Waals surface area contributed by atoms with E-state index in [9.17, 15) is 24.5 Å². The molecule has 5 N–H and O–H groups in total. The number of unbranched alkanes of at least 4 members (excludes halogenated alkanes) is 1. The Labute approximate surface area is 156 Å². The van der Waals surface area contributed by atoms with Gasteiger partial charge in [-0.1, -0.05) is 12.1 Å². The lowest BCUT2D eigenvalue weighted by atomic mass is 10.1. The second kappa shape index (κ2) is 10.9. The van der Waals surface area contributed by atoms with Crippen LogP contribution in [-0.4, -0.2) is 46.4 Å². The monoisotopic (exact) mass is 380 g/mol. The molecule has 27 heavy (non-hydrogen) atoms. The van der Waals surface area contributed by atoms with E-state index in [-0.39, 0.29) is 18.0 Å². The molecule has 0 saturated carbocycles. The zero-order chi connectivity index (χ0) is 20.4. The first-order valence-electron chi connectivity index (χ1n) is 8.49. The number of nitro groups is 1. The first-order chi connectivity index (χ1) is 12.7. The van der Waals surface area contributed by atoms with Gasteiger partial charge in [0.05, 0.1) is 17.4 Å². The molecule has 0 fully saturated rings. The number of hydrogen-bond acceptors (Lipinski definition) is 6. The van der Waals surface area contributed by atoms with Gasteiger partial charge in [0.1, 0.15) is 6.04 Å². The van der Waals surface area contributed by atoms with Gasteiger partial charge in [0, 0.05) is 18.7 Å². The number of carboxylic acid groups (broad SMARTS) is 1. The van der Waals surface area contributed by atoms with E-state index in [0.29, 0.717) is 31.4 Å². The SMILES string of the molecule is C[C@H](NC(=O)[C@@H](N)CCCCNC(=O)Cc1ccc([N+](=O)[O-])cc1)C(=O)O. The molecule has 0 aliphatic heterocycles. The van der Waals surface area contributed by atoms with Crippen molar-refractivity contribution in [2.24, 2.45) is 5.73 Å². The van der Waals surface area contributed by atoms with Crippen LogP contribution in [0.15, 0.2) is 24.3 Å². The van der Waals surface area contributed by atoms with Gasteiger partial charge in [-0.05, 0) is 31.7 Å². The average Bonchev–Trinajstić information content (AvgIpc) is 2.61. The highest BCUT2D eigenvalue weighted by Crippen LogP contribution is 2.12. The van der Waals surface area contributed by atoms with Gasteiger partial charge in [0.15, 0.2) is 0 Å². The largest absolute Gasteiger partial charge is 0.480 e. The number of amides is 2. The number of nitrogens with two attached hydrogens (primary N) is 1. The highest BCUT2D eigenvalue weighted by Gasteiger charge is 2.18. The summed E-state index contributed by atoms with van der Waals surface area (Å²) >= 11 is 0. The maximum absolute atomic E-state index is 11.8. The van der Waals surface area contributed by atoms with Crippen LogP contribution in [0.4, 0.5) is 5.69 Å². The quantitative estimate of drug-likeness (QED) is 0.244. The molecule has 0 unspecified atom stereocenters. The first kappa shape index (κ1) is 22.0. The van der Waals surface area contributed by atoms with E-state index in [1.54, 1.807) is 0 Å². The maximum Gasteiger partial charge on any atom is 0.325 e. The minimum Gasteiger partial charge on any atom is -0.480 e. The van der Waals surface area contributed by atoms with Gasteiger partial charge in [0.2, 0.25) is 11.8 Å². The third kappa shape index (κ3) is 8.27. The van der Waals surface area contributed by atoms with Crippen molar-refractivity contribution < 1.29 is 24.4 Å². The number of carboxylic acids is 1. The van der Waals surface area contributed by atoms with Gasteiger partial charge in [-0.25, -0.2) is 0 Å². The zero-order valence-electron chi connectivity index (χ0n) is 15.0. The zero-order valence-corrected chi connectivity index (χ0v) is 15.0. The van der Waals surface area contributed by atoms with Crippen LogP contribution >= 0.6 is 0 Å². The van der Waals surface area contributed by atoms with Crippen molar-refractivity contribution >= 4 is 23.5 Å². The molecule has 148 valence electrons. The molecule has 10 nitrogen and oxygen atoms in total. The van der Waals surface area contributed by atoms with Crippen LogP contribution in [0.5, 0.6) is 0 Å². The van der Waals surface area contributed by atoms with Crippen molar-refractivity contribution in [1.29, 1.82) is 0 Å². The second-order valence-corrected chi connectivity index (χ2v) is 6.12. The number of benzene rings is 1. The molecule has 0 bridgehead atoms. The van der Waals surface area contributed by atoms with Crippen LogP contribution in [0, 0.1) is 10.1 Å². The molecule has 0 aromatic heterocycles. The Balaban J connectivity index is 2.21. The maximum atomic E-state index is 11.8. The lowest BCUT2D eigenvalue weighted by molar-refractivity contribution is -0.384. The number of hydrogen-bond donors (Lipinski definition) is 4. The smallest absolute Gasteiger partial charge is 0.325 e. The fourth-order valence-corrected chi connectivity index (χ4v) is 2.21. The highest BCUT2D eigenvalue weighted by molar-refractivity contribution is 5.86. The van der Waals surface area contributed by atoms with Gasteiger partial charge >= 0.3 is 5.97 Å². The van der Waals surface area contributed by atoms with Crippen molar-refractivity contribution in [2.75, 3.05) is 6.54 Å². The lowest BCUT2D eigenvalue weighted by Gasteiger charge is -2.14. The summed E-state index contributed by atoms with van der Waals surface area (Å²) in [6.07, 6.45) is 1.69. The number of nitro benzene ring substituents is 1. The number of nitrogens with zero attached hydrogens (tertiary/aromatic N) is 1. The molecule has 1 rings (SSSR count). The Morgan fingerprint density at radius 1 is 1.22 bits per heavy atom. The highest BCUT2D eigenvalue weighted by atomic mass is 16.6. The predicted octanol–water partition coefficient (Wildman–Crippen LogP) is 0.340. The second-order valence-electron chi connectivity index (χ2n) is 6.12. The van der Waals surface area contributed by atoms with E-state index in [1.165, 1.54) is 31.2 Å². The Morgan fingerprint density at radius 3 is 2.41 bits per heavy atom. The lowest BCUT2D eigenvalue weighted by Crippen LogP contribution is -2.47. The van der Waals surface area contributed by atoms with E-state index in [0.717, 1.165) is 0 Å². The minimum atomic E-state index is -1.13. The van der Waals surface area contributed by atoms with Crippen molar-refractivity contribution in [2.45, 2.75) is 44.7 Å². The standard InChI is InChI=1S/C17H24N4O6/c1-11(17(24)25)20-16(23)14(18)4-2-3-9-19-15(22)10-12-5-7-13(8-6-12)21(26)27/h5-8,11,14H,2-4,9-10,18H2,1H3,(H,19,22)(H,20,23)(H,24,25)/t11-,14-/m0/s1. The molecule has 2 amide bonds. The van der Waals surface area contributed by atoms with Crippen LogP contribution in [0.2, 0.25) is 0 Å². The first-order valence-corrected chi connectivity index (χ1v) is 8.49. The Morgan fingerprint density at radius 2 is 1.85 bits per heavy atom. The van der Waals surface area contributed by atoms with Crippen LogP contribution < -0.4 is 16.4 Å². The predicted molar refractivity (Wildman–Crippen MR) is 96.9 cm³/mol. The number of rotatable bonds is 11. The number of carbonyl (C=O) groups excluding carboxylic acids is 2. The van der Waals surface area contributed by atoms with Crippen molar-refractivity contribution in [3.05, 3.63) is 39.9 Å². The van der Waals surface area contributed by atoms with Crippen LogP contribution in [0.1, 0.15) is 31.7 Å². The molecule has 0 heterocycles. The Kier molecular flexibility index (Phi) is 8.86. The van der Waals surface area contributed by atoms with Crippen LogP contribution in [-0.2, 0) is 20.8 Å². The number of aliphatic carboxylic acids is 1. The topological polar surface area (TPSA) is 165 Å².